The monoisotopic (exact) mass is 239 g/mol. The number of nitrogens with zero attached hydrogens (tertiary/aromatic N) is 1. The van der Waals surface area contributed by atoms with E-state index in [1.54, 1.807) is 0 Å². The summed E-state index contributed by atoms with van der Waals surface area (Å²) in [4.78, 5) is 23.1. The van der Waals surface area contributed by atoms with Crippen molar-refractivity contribution in [3.05, 3.63) is 0 Å². The van der Waals surface area contributed by atoms with Crippen molar-refractivity contribution in [2.75, 3.05) is 20.1 Å². The largest absolute Gasteiger partial charge is 0.471 e. The highest BCUT2D eigenvalue weighted by atomic mass is 19.4. The maximum absolute atomic E-state index is 11.9. The quantitative estimate of drug-likeness (QED) is 0.680. The van der Waals surface area contributed by atoms with Crippen molar-refractivity contribution in [3.8, 4) is 0 Å². The highest BCUT2D eigenvalue weighted by Crippen LogP contribution is 2.16. The van der Waals surface area contributed by atoms with Gasteiger partial charge in [-0.2, -0.15) is 13.2 Å². The summed E-state index contributed by atoms with van der Waals surface area (Å²) in [5.41, 5.74) is 0. The number of alkyl halides is 3. The standard InChI is InChI=1S/C8H12F3N3O2/c1-12-7(16)14-3-2-5(4-14)13-6(15)8(9,10)11/h5H,2-4H2,1H3,(H,12,16)(H,13,15)/t5-/m0/s1. The SMILES string of the molecule is CNC(=O)N1CC[C@H](NC(=O)C(F)(F)F)C1. The second-order valence-electron chi connectivity index (χ2n) is 3.46. The normalized spacial score (nSPS) is 20.8. The summed E-state index contributed by atoms with van der Waals surface area (Å²) < 4.78 is 35.8. The van der Waals surface area contributed by atoms with Gasteiger partial charge in [-0.1, -0.05) is 0 Å². The number of hydrogen-bond acceptors (Lipinski definition) is 2. The van der Waals surface area contributed by atoms with Gasteiger partial charge in [0, 0.05) is 26.2 Å². The molecule has 1 fully saturated rings. The molecule has 92 valence electrons. The summed E-state index contributed by atoms with van der Waals surface area (Å²) in [6.07, 6.45) is -4.55. The zero-order chi connectivity index (χ0) is 12.3. The molecule has 3 amide bonds. The van der Waals surface area contributed by atoms with Gasteiger partial charge in [-0.15, -0.1) is 0 Å². The van der Waals surface area contributed by atoms with Crippen LogP contribution < -0.4 is 10.6 Å². The van der Waals surface area contributed by atoms with Gasteiger partial charge in [0.05, 0.1) is 0 Å². The molecule has 1 aliphatic heterocycles. The highest BCUT2D eigenvalue weighted by Gasteiger charge is 2.40. The molecule has 1 saturated heterocycles. The van der Waals surface area contributed by atoms with Gasteiger partial charge in [-0.05, 0) is 6.42 Å². The summed E-state index contributed by atoms with van der Waals surface area (Å²) in [6.45, 7) is 0.434. The summed E-state index contributed by atoms with van der Waals surface area (Å²) >= 11 is 0. The maximum atomic E-state index is 11.9. The number of halogens is 3. The lowest BCUT2D eigenvalue weighted by Gasteiger charge is -2.16. The van der Waals surface area contributed by atoms with E-state index in [1.807, 2.05) is 5.32 Å². The zero-order valence-corrected chi connectivity index (χ0v) is 8.60. The van der Waals surface area contributed by atoms with Gasteiger partial charge in [-0.25, -0.2) is 4.79 Å². The molecule has 0 aromatic heterocycles. The third kappa shape index (κ3) is 3.01. The molecule has 0 aromatic rings. The predicted octanol–water partition coefficient (Wildman–Crippen LogP) is 0.0786. The topological polar surface area (TPSA) is 61.4 Å². The molecule has 1 heterocycles. The fourth-order valence-corrected chi connectivity index (χ4v) is 1.49. The Morgan fingerprint density at radius 2 is 2.00 bits per heavy atom. The third-order valence-electron chi connectivity index (χ3n) is 2.28. The lowest BCUT2D eigenvalue weighted by Crippen LogP contribution is -2.45. The van der Waals surface area contributed by atoms with Gasteiger partial charge in [0.25, 0.3) is 0 Å². The second kappa shape index (κ2) is 4.58. The lowest BCUT2D eigenvalue weighted by molar-refractivity contribution is -0.174. The Kier molecular flexibility index (Phi) is 3.61. The average Bonchev–Trinajstić information content (AvgIpc) is 2.63. The van der Waals surface area contributed by atoms with E-state index in [0.717, 1.165) is 0 Å². The first-order valence-electron chi connectivity index (χ1n) is 4.69. The number of urea groups is 1. The molecule has 1 atom stereocenters. The Balaban J connectivity index is 2.43. The van der Waals surface area contributed by atoms with Crippen molar-refractivity contribution >= 4 is 11.9 Å². The zero-order valence-electron chi connectivity index (χ0n) is 8.60. The molecule has 0 bridgehead atoms. The summed E-state index contributed by atoms with van der Waals surface area (Å²) in [7, 11) is 1.43. The van der Waals surface area contributed by atoms with Gasteiger partial charge in [0.2, 0.25) is 0 Å². The molecule has 0 aliphatic carbocycles. The van der Waals surface area contributed by atoms with Crippen molar-refractivity contribution < 1.29 is 22.8 Å². The summed E-state index contributed by atoms with van der Waals surface area (Å²) in [6, 6.07) is -0.991. The Morgan fingerprint density at radius 3 is 2.50 bits per heavy atom. The molecule has 0 saturated carbocycles. The molecule has 2 N–H and O–H groups in total. The fourth-order valence-electron chi connectivity index (χ4n) is 1.49. The van der Waals surface area contributed by atoms with Crippen LogP contribution in [0.4, 0.5) is 18.0 Å². The number of carbonyl (C=O) groups excluding carboxylic acids is 2. The van der Waals surface area contributed by atoms with Crippen LogP contribution in [-0.4, -0.2) is 49.2 Å². The number of hydrogen-bond donors (Lipinski definition) is 2. The molecule has 5 nitrogen and oxygen atoms in total. The van der Waals surface area contributed by atoms with Crippen LogP contribution in [0, 0.1) is 0 Å². The molecule has 0 spiro atoms. The molecule has 0 unspecified atom stereocenters. The van der Waals surface area contributed by atoms with E-state index in [9.17, 15) is 22.8 Å². The van der Waals surface area contributed by atoms with E-state index in [2.05, 4.69) is 5.32 Å². The first-order chi connectivity index (χ1) is 7.34. The van der Waals surface area contributed by atoms with Crippen molar-refractivity contribution in [2.45, 2.75) is 18.6 Å². The van der Waals surface area contributed by atoms with Crippen LogP contribution in [0.3, 0.4) is 0 Å². The Morgan fingerprint density at radius 1 is 1.38 bits per heavy atom. The van der Waals surface area contributed by atoms with Crippen molar-refractivity contribution in [1.29, 1.82) is 0 Å². The number of amides is 3. The molecule has 0 aromatic carbocycles. The third-order valence-corrected chi connectivity index (χ3v) is 2.28. The van der Waals surface area contributed by atoms with E-state index < -0.39 is 18.1 Å². The molecule has 1 rings (SSSR count). The van der Waals surface area contributed by atoms with Crippen molar-refractivity contribution in [3.63, 3.8) is 0 Å². The molecular weight excluding hydrogens is 227 g/mol. The average molecular weight is 239 g/mol. The Labute approximate surface area is 90.0 Å². The van der Waals surface area contributed by atoms with E-state index in [0.29, 0.717) is 13.0 Å². The van der Waals surface area contributed by atoms with Crippen LogP contribution in [-0.2, 0) is 4.79 Å². The van der Waals surface area contributed by atoms with Gasteiger partial charge in [0.1, 0.15) is 0 Å². The van der Waals surface area contributed by atoms with Crippen LogP contribution in [0.15, 0.2) is 0 Å². The summed E-state index contributed by atoms with van der Waals surface area (Å²) in [5.74, 6) is -1.96. The highest BCUT2D eigenvalue weighted by molar-refractivity contribution is 5.82. The molecule has 16 heavy (non-hydrogen) atoms. The number of rotatable bonds is 1. The van der Waals surface area contributed by atoms with Crippen LogP contribution >= 0.6 is 0 Å². The minimum Gasteiger partial charge on any atom is -0.344 e. The number of carbonyl (C=O) groups is 2. The number of nitrogens with one attached hydrogen (secondary N) is 2. The van der Waals surface area contributed by atoms with Crippen LogP contribution in [0.1, 0.15) is 6.42 Å². The van der Waals surface area contributed by atoms with Crippen LogP contribution in [0.5, 0.6) is 0 Å². The minimum atomic E-state index is -4.87. The second-order valence-corrected chi connectivity index (χ2v) is 3.46. The molecular formula is C8H12F3N3O2. The van der Waals surface area contributed by atoms with Crippen molar-refractivity contribution in [2.24, 2.45) is 0 Å². The van der Waals surface area contributed by atoms with Gasteiger partial charge in [0.15, 0.2) is 0 Å². The van der Waals surface area contributed by atoms with E-state index >= 15 is 0 Å². The van der Waals surface area contributed by atoms with E-state index in [4.69, 9.17) is 0 Å². The first-order valence-corrected chi connectivity index (χ1v) is 4.69. The molecule has 8 heteroatoms. The van der Waals surface area contributed by atoms with Gasteiger partial charge >= 0.3 is 18.1 Å². The smallest absolute Gasteiger partial charge is 0.344 e. The Hall–Kier alpha value is -1.47. The molecule has 1 aliphatic rings. The van der Waals surface area contributed by atoms with Gasteiger partial charge in [-0.3, -0.25) is 4.79 Å². The maximum Gasteiger partial charge on any atom is 0.471 e. The number of likely N-dealkylation sites (tertiary alicyclic amines) is 1. The minimum absolute atomic E-state index is 0.0987. The van der Waals surface area contributed by atoms with Crippen LogP contribution in [0.2, 0.25) is 0 Å². The van der Waals surface area contributed by atoms with E-state index in [1.165, 1.54) is 11.9 Å². The van der Waals surface area contributed by atoms with Crippen molar-refractivity contribution in [1.82, 2.24) is 15.5 Å². The van der Waals surface area contributed by atoms with Crippen LogP contribution in [0.25, 0.3) is 0 Å². The summed E-state index contributed by atoms with van der Waals surface area (Å²) in [5, 5.41) is 4.21. The molecule has 0 radical (unpaired) electrons. The fraction of sp³-hybridized carbons (Fsp3) is 0.750. The Bertz CT molecular complexity index is 293. The first kappa shape index (κ1) is 12.6. The van der Waals surface area contributed by atoms with E-state index in [-0.39, 0.29) is 12.6 Å². The lowest BCUT2D eigenvalue weighted by atomic mass is 10.2. The van der Waals surface area contributed by atoms with Gasteiger partial charge < -0.3 is 15.5 Å². The predicted molar refractivity (Wildman–Crippen MR) is 48.6 cm³/mol.